The first-order valence-corrected chi connectivity index (χ1v) is 7.62. The number of carbonyl (C=O) groups is 1. The average Bonchev–Trinajstić information content (AvgIpc) is 2.79. The third-order valence-electron chi connectivity index (χ3n) is 2.22. The van der Waals surface area contributed by atoms with Gasteiger partial charge in [-0.2, -0.15) is 5.10 Å². The van der Waals surface area contributed by atoms with E-state index in [4.69, 9.17) is 4.42 Å². The van der Waals surface area contributed by atoms with Gasteiger partial charge in [0.2, 0.25) is 0 Å². The second-order valence-corrected chi connectivity index (χ2v) is 6.18. The molecule has 0 spiro atoms. The Labute approximate surface area is 139 Å². The van der Waals surface area contributed by atoms with Crippen molar-refractivity contribution in [2.45, 2.75) is 0 Å². The van der Waals surface area contributed by atoms with Crippen LogP contribution in [-0.2, 0) is 0 Å². The Balaban J connectivity index is 2.11. The summed E-state index contributed by atoms with van der Waals surface area (Å²) in [6.07, 6.45) is 1.35. The van der Waals surface area contributed by atoms with Gasteiger partial charge in [0.25, 0.3) is 5.91 Å². The smallest absolute Gasteiger partial charge is 0.275 e. The lowest BCUT2D eigenvalue weighted by Gasteiger charge is -2.05. The summed E-state index contributed by atoms with van der Waals surface area (Å²) in [5, 5.41) is 13.6. The Hall–Kier alpha value is -1.12. The molecule has 2 N–H and O–H groups in total. The number of amides is 1. The topological polar surface area (TPSA) is 74.8 Å². The molecule has 20 heavy (non-hydrogen) atoms. The van der Waals surface area contributed by atoms with Crippen LogP contribution in [-0.4, -0.2) is 17.2 Å². The van der Waals surface area contributed by atoms with Crippen molar-refractivity contribution in [2.75, 3.05) is 0 Å². The average molecular weight is 467 g/mol. The van der Waals surface area contributed by atoms with Gasteiger partial charge in [0.05, 0.1) is 16.3 Å². The van der Waals surface area contributed by atoms with E-state index in [-0.39, 0.29) is 11.3 Å². The van der Waals surface area contributed by atoms with Crippen LogP contribution in [0, 0.1) is 0 Å². The highest BCUT2D eigenvalue weighted by molar-refractivity contribution is 9.11. The fourth-order valence-electron chi connectivity index (χ4n) is 1.35. The number of carbonyl (C=O) groups excluding carboxylic acids is 1. The van der Waals surface area contributed by atoms with E-state index in [1.54, 1.807) is 18.2 Å². The molecule has 2 aromatic rings. The zero-order valence-electron chi connectivity index (χ0n) is 9.73. The first kappa shape index (κ1) is 15.3. The molecule has 104 valence electrons. The standard InChI is InChI=1S/C12H7Br3N2O3/c13-6-3-8(11(18)9(14)4-6)12(19)17-16-5-7-1-2-10(15)20-7/h1-5,18H,(H,17,19)/b16-5-. The summed E-state index contributed by atoms with van der Waals surface area (Å²) in [4.78, 5) is 11.9. The Morgan fingerprint density at radius 1 is 1.30 bits per heavy atom. The minimum atomic E-state index is -0.536. The lowest BCUT2D eigenvalue weighted by atomic mass is 10.2. The maximum atomic E-state index is 11.9. The summed E-state index contributed by atoms with van der Waals surface area (Å²) in [6, 6.07) is 6.53. The normalized spacial score (nSPS) is 10.9. The van der Waals surface area contributed by atoms with Gasteiger partial charge in [0, 0.05) is 4.47 Å². The number of hydrogen-bond donors (Lipinski definition) is 2. The van der Waals surface area contributed by atoms with Gasteiger partial charge in [-0.15, -0.1) is 0 Å². The first-order chi connectivity index (χ1) is 9.47. The molecule has 0 aliphatic carbocycles. The quantitative estimate of drug-likeness (QED) is 0.529. The molecule has 1 heterocycles. The van der Waals surface area contributed by atoms with Gasteiger partial charge in [-0.3, -0.25) is 4.79 Å². The van der Waals surface area contributed by atoms with Crippen molar-refractivity contribution in [3.05, 3.63) is 49.2 Å². The molecular weight excluding hydrogens is 460 g/mol. The zero-order valence-corrected chi connectivity index (χ0v) is 14.5. The number of benzene rings is 1. The Kier molecular flexibility index (Phi) is 5.00. The minimum absolute atomic E-state index is 0.101. The number of nitrogens with zero attached hydrogens (tertiary/aromatic N) is 1. The molecule has 1 amide bonds. The summed E-state index contributed by atoms with van der Waals surface area (Å²) in [6.45, 7) is 0. The van der Waals surface area contributed by atoms with Crippen molar-refractivity contribution in [1.82, 2.24) is 5.43 Å². The highest BCUT2D eigenvalue weighted by Gasteiger charge is 2.14. The van der Waals surface area contributed by atoms with E-state index < -0.39 is 5.91 Å². The van der Waals surface area contributed by atoms with E-state index in [1.807, 2.05) is 0 Å². The van der Waals surface area contributed by atoms with Crippen LogP contribution >= 0.6 is 47.8 Å². The molecule has 5 nitrogen and oxygen atoms in total. The molecular formula is C12H7Br3N2O3. The lowest BCUT2D eigenvalue weighted by molar-refractivity contribution is 0.0952. The van der Waals surface area contributed by atoms with Gasteiger partial charge in [-0.05, 0) is 56.1 Å². The van der Waals surface area contributed by atoms with Crippen molar-refractivity contribution < 1.29 is 14.3 Å². The summed E-state index contributed by atoms with van der Waals surface area (Å²) in [5.41, 5.74) is 2.41. The van der Waals surface area contributed by atoms with Crippen LogP contribution in [0.25, 0.3) is 0 Å². The van der Waals surface area contributed by atoms with Crippen LogP contribution in [0.2, 0.25) is 0 Å². The van der Waals surface area contributed by atoms with E-state index in [0.717, 1.165) is 0 Å². The molecule has 1 aromatic heterocycles. The number of phenolic OH excluding ortho intramolecular Hbond substituents is 1. The molecule has 0 aliphatic heterocycles. The number of phenols is 1. The fourth-order valence-corrected chi connectivity index (χ4v) is 2.90. The van der Waals surface area contributed by atoms with Gasteiger partial charge in [0.15, 0.2) is 4.67 Å². The molecule has 0 unspecified atom stereocenters. The van der Waals surface area contributed by atoms with Crippen LogP contribution in [0.5, 0.6) is 5.75 Å². The van der Waals surface area contributed by atoms with Crippen LogP contribution < -0.4 is 5.43 Å². The van der Waals surface area contributed by atoms with Crippen molar-refractivity contribution in [1.29, 1.82) is 0 Å². The van der Waals surface area contributed by atoms with E-state index in [1.165, 1.54) is 12.3 Å². The highest BCUT2D eigenvalue weighted by Crippen LogP contribution is 2.31. The van der Waals surface area contributed by atoms with Gasteiger partial charge in [-0.1, -0.05) is 15.9 Å². The van der Waals surface area contributed by atoms with Crippen LogP contribution in [0.3, 0.4) is 0 Å². The van der Waals surface area contributed by atoms with Gasteiger partial charge >= 0.3 is 0 Å². The Morgan fingerprint density at radius 2 is 2.05 bits per heavy atom. The number of halogens is 3. The van der Waals surface area contributed by atoms with Crippen LogP contribution in [0.1, 0.15) is 16.1 Å². The van der Waals surface area contributed by atoms with Crippen LogP contribution in [0.4, 0.5) is 0 Å². The number of nitrogens with one attached hydrogen (secondary N) is 1. The third-order valence-corrected chi connectivity index (χ3v) is 3.71. The molecule has 0 saturated heterocycles. The van der Waals surface area contributed by atoms with E-state index in [2.05, 4.69) is 58.3 Å². The number of hydrazone groups is 1. The predicted octanol–water partition coefficient (Wildman–Crippen LogP) is 4.04. The number of aromatic hydroxyl groups is 1. The minimum Gasteiger partial charge on any atom is -0.506 e. The van der Waals surface area contributed by atoms with E-state index >= 15 is 0 Å². The van der Waals surface area contributed by atoms with Crippen molar-refractivity contribution in [3.63, 3.8) is 0 Å². The van der Waals surface area contributed by atoms with Crippen LogP contribution in [0.15, 0.2) is 47.4 Å². The highest BCUT2D eigenvalue weighted by atomic mass is 79.9. The number of furan rings is 1. The molecule has 0 saturated carbocycles. The van der Waals surface area contributed by atoms with Crippen molar-refractivity contribution >= 4 is 59.9 Å². The van der Waals surface area contributed by atoms with Gasteiger partial charge < -0.3 is 9.52 Å². The van der Waals surface area contributed by atoms with E-state index in [0.29, 0.717) is 19.4 Å². The molecule has 0 atom stereocenters. The molecule has 2 rings (SSSR count). The Bertz CT molecular complexity index is 683. The molecule has 8 heteroatoms. The Morgan fingerprint density at radius 3 is 2.70 bits per heavy atom. The third kappa shape index (κ3) is 3.71. The van der Waals surface area contributed by atoms with Gasteiger partial charge in [-0.25, -0.2) is 5.43 Å². The molecule has 0 bridgehead atoms. The molecule has 0 radical (unpaired) electrons. The summed E-state index contributed by atoms with van der Waals surface area (Å²) in [7, 11) is 0. The van der Waals surface area contributed by atoms with Crippen molar-refractivity contribution in [3.8, 4) is 5.75 Å². The maximum absolute atomic E-state index is 11.9. The summed E-state index contributed by atoms with van der Waals surface area (Å²) in [5.74, 6) is -0.204. The second-order valence-electron chi connectivity index (χ2n) is 3.62. The molecule has 0 fully saturated rings. The SMILES string of the molecule is O=C(N/N=C\c1ccc(Br)o1)c1cc(Br)cc(Br)c1O. The first-order valence-electron chi connectivity index (χ1n) is 5.24. The second kappa shape index (κ2) is 6.55. The zero-order chi connectivity index (χ0) is 14.7. The van der Waals surface area contributed by atoms with Crippen molar-refractivity contribution in [2.24, 2.45) is 5.10 Å². The largest absolute Gasteiger partial charge is 0.506 e. The van der Waals surface area contributed by atoms with E-state index in [9.17, 15) is 9.90 Å². The monoisotopic (exact) mass is 464 g/mol. The lowest BCUT2D eigenvalue weighted by Crippen LogP contribution is -2.17. The number of rotatable bonds is 3. The maximum Gasteiger partial charge on any atom is 0.275 e. The molecule has 1 aromatic carbocycles. The molecule has 0 aliphatic rings. The van der Waals surface area contributed by atoms with Gasteiger partial charge in [0.1, 0.15) is 11.5 Å². The fraction of sp³-hybridized carbons (Fsp3) is 0. The predicted molar refractivity (Wildman–Crippen MR) is 85.0 cm³/mol. The summed E-state index contributed by atoms with van der Waals surface area (Å²) < 4.78 is 6.82. The number of hydrogen-bond acceptors (Lipinski definition) is 4. The summed E-state index contributed by atoms with van der Waals surface area (Å²) >= 11 is 9.55.